The number of ketones is 1. The molecule has 0 amide bonds. The summed E-state index contributed by atoms with van der Waals surface area (Å²) in [5.41, 5.74) is 0.591. The second-order valence-corrected chi connectivity index (χ2v) is 6.47. The Hall–Kier alpha value is -1.09. The number of unbranched alkanes of at least 4 members (excludes halogenated alkanes) is 2. The Morgan fingerprint density at radius 1 is 1.27 bits per heavy atom. The minimum absolute atomic E-state index is 0.234. The van der Waals surface area contributed by atoms with Crippen molar-refractivity contribution >= 4 is 17.4 Å². The van der Waals surface area contributed by atoms with Gasteiger partial charge < -0.3 is 4.74 Å². The molecule has 0 N–H and O–H groups in total. The molecule has 4 heteroatoms. The first-order valence-corrected chi connectivity index (χ1v) is 8.44. The number of hydrogen-bond donors (Lipinski definition) is 0. The van der Waals surface area contributed by atoms with Crippen molar-refractivity contribution in [2.24, 2.45) is 5.92 Å². The summed E-state index contributed by atoms with van der Waals surface area (Å²) in [5.74, 6) is 0.545. The number of aryl methyl sites for hydroxylation is 1. The second kappa shape index (κ2) is 9.83. The van der Waals surface area contributed by atoms with Crippen molar-refractivity contribution in [1.29, 1.82) is 0 Å². The van der Waals surface area contributed by atoms with Crippen LogP contribution in [0.1, 0.15) is 58.4 Å². The maximum Gasteiger partial charge on any atom is 0.168 e. The van der Waals surface area contributed by atoms with Gasteiger partial charge in [0.15, 0.2) is 11.6 Å². The van der Waals surface area contributed by atoms with E-state index in [0.717, 1.165) is 19.3 Å². The van der Waals surface area contributed by atoms with Crippen molar-refractivity contribution in [2.75, 3.05) is 6.61 Å². The third kappa shape index (κ3) is 6.78. The number of rotatable bonds is 10. The molecule has 0 spiro atoms. The molecule has 0 aliphatic carbocycles. The highest BCUT2D eigenvalue weighted by molar-refractivity contribution is 6.30. The fourth-order valence-electron chi connectivity index (χ4n) is 2.15. The van der Waals surface area contributed by atoms with Crippen molar-refractivity contribution in [1.82, 2.24) is 0 Å². The standard InChI is InChI=1S/C18H26ClFO2/c1-4-16(21)9-7-5-6-8-14-10-15(19)11-17(18(14)20)22-12-13(2)3/h10-11,13H,4-9,12H2,1-3H3. The number of ether oxygens (including phenoxy) is 1. The van der Waals surface area contributed by atoms with Crippen molar-refractivity contribution < 1.29 is 13.9 Å². The lowest BCUT2D eigenvalue weighted by Gasteiger charge is -2.12. The number of halogens is 2. The number of benzene rings is 1. The first-order valence-electron chi connectivity index (χ1n) is 8.06. The smallest absolute Gasteiger partial charge is 0.168 e. The van der Waals surface area contributed by atoms with E-state index in [0.29, 0.717) is 48.2 Å². The molecule has 0 radical (unpaired) electrons. The molecule has 1 aromatic rings. The Morgan fingerprint density at radius 2 is 2.00 bits per heavy atom. The van der Waals surface area contributed by atoms with Crippen LogP contribution in [0.3, 0.4) is 0 Å². The maximum absolute atomic E-state index is 14.4. The Kier molecular flexibility index (Phi) is 8.47. The highest BCUT2D eigenvalue weighted by Gasteiger charge is 2.12. The van der Waals surface area contributed by atoms with Gasteiger partial charge in [-0.05, 0) is 36.8 Å². The van der Waals surface area contributed by atoms with Crippen molar-refractivity contribution in [2.45, 2.75) is 59.3 Å². The van der Waals surface area contributed by atoms with E-state index in [4.69, 9.17) is 16.3 Å². The quantitative estimate of drug-likeness (QED) is 0.523. The van der Waals surface area contributed by atoms with Crippen molar-refractivity contribution in [3.8, 4) is 5.75 Å². The van der Waals surface area contributed by atoms with Gasteiger partial charge in [-0.3, -0.25) is 4.79 Å². The molecule has 0 atom stereocenters. The normalized spacial score (nSPS) is 11.0. The minimum atomic E-state index is -0.310. The second-order valence-electron chi connectivity index (χ2n) is 6.03. The molecule has 1 aromatic carbocycles. The highest BCUT2D eigenvalue weighted by Crippen LogP contribution is 2.27. The first kappa shape index (κ1) is 19.0. The monoisotopic (exact) mass is 328 g/mol. The van der Waals surface area contributed by atoms with Crippen LogP contribution in [0.4, 0.5) is 4.39 Å². The molecule has 0 aromatic heterocycles. The summed E-state index contributed by atoms with van der Waals surface area (Å²) < 4.78 is 19.8. The molecular formula is C18H26ClFO2. The Labute approximate surface area is 138 Å². The van der Waals surface area contributed by atoms with E-state index in [2.05, 4.69) is 0 Å². The molecule has 0 unspecified atom stereocenters. The van der Waals surface area contributed by atoms with E-state index in [1.165, 1.54) is 6.07 Å². The SMILES string of the molecule is CCC(=O)CCCCCc1cc(Cl)cc(OCC(C)C)c1F. The molecule has 0 saturated heterocycles. The summed E-state index contributed by atoms with van der Waals surface area (Å²) >= 11 is 6.05. The maximum atomic E-state index is 14.4. The number of carbonyl (C=O) groups is 1. The van der Waals surface area contributed by atoms with Gasteiger partial charge in [0.2, 0.25) is 0 Å². The zero-order chi connectivity index (χ0) is 16.5. The van der Waals surface area contributed by atoms with Gasteiger partial charge in [0.1, 0.15) is 5.78 Å². The van der Waals surface area contributed by atoms with Gasteiger partial charge in [0, 0.05) is 23.9 Å². The summed E-state index contributed by atoms with van der Waals surface area (Å²) in [4.78, 5) is 11.2. The van der Waals surface area contributed by atoms with E-state index < -0.39 is 0 Å². The largest absolute Gasteiger partial charge is 0.490 e. The van der Waals surface area contributed by atoms with Crippen LogP contribution in [0.2, 0.25) is 5.02 Å². The molecule has 1 rings (SSSR count). The number of hydrogen-bond acceptors (Lipinski definition) is 2. The van der Waals surface area contributed by atoms with Crippen LogP contribution in [0.15, 0.2) is 12.1 Å². The molecule has 0 aliphatic heterocycles. The number of Topliss-reactive ketones (excluding diaryl/α,β-unsaturated/α-hetero) is 1. The van der Waals surface area contributed by atoms with Gasteiger partial charge >= 0.3 is 0 Å². The van der Waals surface area contributed by atoms with Crippen LogP contribution in [-0.4, -0.2) is 12.4 Å². The molecule has 124 valence electrons. The lowest BCUT2D eigenvalue weighted by Crippen LogP contribution is -2.07. The Balaban J connectivity index is 2.53. The average molecular weight is 329 g/mol. The van der Waals surface area contributed by atoms with Crippen molar-refractivity contribution in [3.63, 3.8) is 0 Å². The zero-order valence-corrected chi connectivity index (χ0v) is 14.5. The van der Waals surface area contributed by atoms with Gasteiger partial charge in [0.25, 0.3) is 0 Å². The lowest BCUT2D eigenvalue weighted by molar-refractivity contribution is -0.118. The molecule has 0 bridgehead atoms. The van der Waals surface area contributed by atoms with Crippen molar-refractivity contribution in [3.05, 3.63) is 28.5 Å². The van der Waals surface area contributed by atoms with Crippen LogP contribution >= 0.6 is 11.6 Å². The lowest BCUT2D eigenvalue weighted by atomic mass is 10.0. The van der Waals surface area contributed by atoms with Crippen LogP contribution in [0, 0.1) is 11.7 Å². The van der Waals surface area contributed by atoms with Crippen LogP contribution in [0.25, 0.3) is 0 Å². The van der Waals surface area contributed by atoms with Crippen LogP contribution < -0.4 is 4.74 Å². The van der Waals surface area contributed by atoms with Crippen LogP contribution in [-0.2, 0) is 11.2 Å². The van der Waals surface area contributed by atoms with Gasteiger partial charge in [-0.1, -0.05) is 38.8 Å². The third-order valence-corrected chi connectivity index (χ3v) is 3.67. The van der Waals surface area contributed by atoms with Gasteiger partial charge in [0.05, 0.1) is 6.61 Å². The zero-order valence-electron chi connectivity index (χ0n) is 13.8. The van der Waals surface area contributed by atoms with Gasteiger partial charge in [-0.15, -0.1) is 0 Å². The minimum Gasteiger partial charge on any atom is -0.490 e. The first-order chi connectivity index (χ1) is 10.4. The predicted molar refractivity (Wildman–Crippen MR) is 89.2 cm³/mol. The van der Waals surface area contributed by atoms with E-state index in [1.807, 2.05) is 20.8 Å². The summed E-state index contributed by atoms with van der Waals surface area (Å²) in [7, 11) is 0. The van der Waals surface area contributed by atoms with Gasteiger partial charge in [-0.2, -0.15) is 0 Å². The summed E-state index contributed by atoms with van der Waals surface area (Å²) in [5, 5.41) is 0.497. The summed E-state index contributed by atoms with van der Waals surface area (Å²) in [6, 6.07) is 3.19. The molecule has 0 heterocycles. The van der Waals surface area contributed by atoms with Gasteiger partial charge in [-0.25, -0.2) is 4.39 Å². The summed E-state index contributed by atoms with van der Waals surface area (Å²) in [6.07, 6.45) is 4.46. The topological polar surface area (TPSA) is 26.3 Å². The molecule has 2 nitrogen and oxygen atoms in total. The highest BCUT2D eigenvalue weighted by atomic mass is 35.5. The van der Waals surface area contributed by atoms with E-state index in [-0.39, 0.29) is 11.6 Å². The molecular weight excluding hydrogens is 303 g/mol. The third-order valence-electron chi connectivity index (χ3n) is 3.45. The Morgan fingerprint density at radius 3 is 2.64 bits per heavy atom. The molecule has 22 heavy (non-hydrogen) atoms. The van der Waals surface area contributed by atoms with E-state index in [9.17, 15) is 9.18 Å². The van der Waals surface area contributed by atoms with Crippen LogP contribution in [0.5, 0.6) is 5.75 Å². The fraction of sp³-hybridized carbons (Fsp3) is 0.611. The summed E-state index contributed by atoms with van der Waals surface area (Å²) in [6.45, 7) is 6.38. The number of carbonyl (C=O) groups excluding carboxylic acids is 1. The molecule has 0 fully saturated rings. The molecule has 0 saturated carbocycles. The molecule has 0 aliphatic rings. The predicted octanol–water partition coefficient (Wildman–Crippen LogP) is 5.60. The fourth-order valence-corrected chi connectivity index (χ4v) is 2.38. The van der Waals surface area contributed by atoms with E-state index >= 15 is 0 Å². The van der Waals surface area contributed by atoms with E-state index in [1.54, 1.807) is 6.07 Å². The Bertz CT molecular complexity index is 486. The average Bonchev–Trinajstić information content (AvgIpc) is 2.47.